The van der Waals surface area contributed by atoms with Gasteiger partial charge in [-0.25, -0.2) is 4.79 Å². The van der Waals surface area contributed by atoms with E-state index in [-0.39, 0.29) is 19.0 Å². The maximum absolute atomic E-state index is 11.6. The molecule has 0 aromatic heterocycles. The number of carbonyl (C=O) groups excluding carboxylic acids is 1. The zero-order valence-electron chi connectivity index (χ0n) is 10.3. The van der Waals surface area contributed by atoms with Crippen LogP contribution in [0.1, 0.15) is 19.8 Å². The Bertz CT molecular complexity index is 263. The highest BCUT2D eigenvalue weighted by Crippen LogP contribution is 2.02. The van der Waals surface area contributed by atoms with E-state index in [4.69, 9.17) is 5.11 Å². The van der Waals surface area contributed by atoms with Crippen LogP contribution in [0.5, 0.6) is 0 Å². The Balaban J connectivity index is 2.19. The van der Waals surface area contributed by atoms with Gasteiger partial charge in [-0.2, -0.15) is 0 Å². The highest BCUT2D eigenvalue weighted by molar-refractivity contribution is 5.75. The fourth-order valence-corrected chi connectivity index (χ4v) is 1.88. The van der Waals surface area contributed by atoms with Crippen molar-refractivity contribution in [1.82, 2.24) is 15.1 Å². The van der Waals surface area contributed by atoms with Crippen LogP contribution in [0.15, 0.2) is 0 Å². The van der Waals surface area contributed by atoms with Gasteiger partial charge in [0.1, 0.15) is 0 Å². The summed E-state index contributed by atoms with van der Waals surface area (Å²) < 4.78 is 0. The predicted octanol–water partition coefficient (Wildman–Crippen LogP) is 0.198. The maximum atomic E-state index is 11.6. The minimum absolute atomic E-state index is 0.0263. The first-order valence-corrected chi connectivity index (χ1v) is 6.10. The number of hydrogen-bond donors (Lipinski definition) is 2. The zero-order valence-corrected chi connectivity index (χ0v) is 10.3. The van der Waals surface area contributed by atoms with Crippen molar-refractivity contribution in [3.8, 4) is 0 Å². The fraction of sp³-hybridized carbons (Fsp3) is 0.818. The van der Waals surface area contributed by atoms with E-state index in [1.54, 1.807) is 4.90 Å². The molecule has 0 atom stereocenters. The number of piperazine rings is 1. The molecule has 0 bridgehead atoms. The molecule has 1 heterocycles. The third kappa shape index (κ3) is 5.04. The smallest absolute Gasteiger partial charge is 0.317 e. The summed E-state index contributed by atoms with van der Waals surface area (Å²) in [4.78, 5) is 26.0. The Hall–Kier alpha value is -1.30. The molecule has 2 amide bonds. The monoisotopic (exact) mass is 243 g/mol. The minimum Gasteiger partial charge on any atom is -0.481 e. The average Bonchev–Trinajstić information content (AvgIpc) is 2.30. The Morgan fingerprint density at radius 3 is 2.41 bits per heavy atom. The van der Waals surface area contributed by atoms with E-state index in [1.165, 1.54) is 0 Å². The number of carbonyl (C=O) groups is 2. The quantitative estimate of drug-likeness (QED) is 0.723. The largest absolute Gasteiger partial charge is 0.481 e. The Kier molecular flexibility index (Phi) is 5.76. The van der Waals surface area contributed by atoms with Crippen LogP contribution < -0.4 is 5.32 Å². The number of hydrogen-bond acceptors (Lipinski definition) is 3. The van der Waals surface area contributed by atoms with Crippen molar-refractivity contribution in [3.63, 3.8) is 0 Å². The van der Waals surface area contributed by atoms with Gasteiger partial charge in [0.25, 0.3) is 0 Å². The fourth-order valence-electron chi connectivity index (χ4n) is 1.88. The van der Waals surface area contributed by atoms with Crippen LogP contribution >= 0.6 is 0 Å². The first-order chi connectivity index (χ1) is 8.13. The summed E-state index contributed by atoms with van der Waals surface area (Å²) in [6.45, 7) is 6.67. The molecule has 1 saturated heterocycles. The molecule has 1 fully saturated rings. The van der Waals surface area contributed by atoms with Gasteiger partial charge >= 0.3 is 12.0 Å². The standard InChI is InChI=1S/C11H21N3O3/c1-2-5-13-6-8-14(9-7-13)11(17)12-4-3-10(15)16/h2-9H2,1H3,(H,12,17)(H,15,16). The number of nitrogens with one attached hydrogen (secondary N) is 1. The summed E-state index contributed by atoms with van der Waals surface area (Å²) in [5.41, 5.74) is 0. The van der Waals surface area contributed by atoms with Crippen LogP contribution in [-0.4, -0.2) is 66.2 Å². The average molecular weight is 243 g/mol. The number of amides is 2. The third-order valence-corrected chi connectivity index (χ3v) is 2.81. The van der Waals surface area contributed by atoms with E-state index in [1.807, 2.05) is 0 Å². The zero-order chi connectivity index (χ0) is 12.7. The molecule has 0 spiro atoms. The number of nitrogens with zero attached hydrogens (tertiary/aromatic N) is 2. The van der Waals surface area contributed by atoms with Gasteiger partial charge in [0.05, 0.1) is 6.42 Å². The van der Waals surface area contributed by atoms with E-state index < -0.39 is 5.97 Å². The van der Waals surface area contributed by atoms with Crippen molar-refractivity contribution < 1.29 is 14.7 Å². The lowest BCUT2D eigenvalue weighted by molar-refractivity contribution is -0.136. The van der Waals surface area contributed by atoms with Crippen LogP contribution in [0.2, 0.25) is 0 Å². The molecule has 0 aromatic carbocycles. The number of carboxylic acids is 1. The molecule has 0 unspecified atom stereocenters. The molecule has 98 valence electrons. The van der Waals surface area contributed by atoms with Crippen molar-refractivity contribution in [2.24, 2.45) is 0 Å². The Morgan fingerprint density at radius 2 is 1.88 bits per heavy atom. The van der Waals surface area contributed by atoms with Crippen molar-refractivity contribution in [2.45, 2.75) is 19.8 Å². The second-order valence-corrected chi connectivity index (χ2v) is 4.20. The molecule has 1 aliphatic rings. The summed E-state index contributed by atoms with van der Waals surface area (Å²) in [6, 6.07) is -0.151. The van der Waals surface area contributed by atoms with Gasteiger partial charge in [-0.05, 0) is 13.0 Å². The van der Waals surface area contributed by atoms with Crippen LogP contribution in [-0.2, 0) is 4.79 Å². The van der Waals surface area contributed by atoms with Gasteiger partial charge in [-0.15, -0.1) is 0 Å². The second-order valence-electron chi connectivity index (χ2n) is 4.20. The highest BCUT2D eigenvalue weighted by Gasteiger charge is 2.19. The summed E-state index contributed by atoms with van der Waals surface area (Å²) >= 11 is 0. The van der Waals surface area contributed by atoms with Crippen LogP contribution in [0.3, 0.4) is 0 Å². The summed E-state index contributed by atoms with van der Waals surface area (Å²) in [7, 11) is 0. The Morgan fingerprint density at radius 1 is 1.24 bits per heavy atom. The van der Waals surface area contributed by atoms with E-state index in [0.717, 1.165) is 39.1 Å². The molecule has 1 aliphatic heterocycles. The molecule has 2 N–H and O–H groups in total. The highest BCUT2D eigenvalue weighted by atomic mass is 16.4. The number of urea groups is 1. The van der Waals surface area contributed by atoms with Gasteiger partial charge in [0.2, 0.25) is 0 Å². The Labute approximate surface area is 102 Å². The van der Waals surface area contributed by atoms with Crippen molar-refractivity contribution in [1.29, 1.82) is 0 Å². The number of carboxylic acid groups (broad SMARTS) is 1. The molecule has 1 rings (SSSR count). The third-order valence-electron chi connectivity index (χ3n) is 2.81. The van der Waals surface area contributed by atoms with Crippen LogP contribution in [0, 0.1) is 0 Å². The molecule has 0 saturated carbocycles. The van der Waals surface area contributed by atoms with Gasteiger partial charge in [-0.1, -0.05) is 6.92 Å². The van der Waals surface area contributed by atoms with Gasteiger partial charge in [0, 0.05) is 32.7 Å². The topological polar surface area (TPSA) is 72.9 Å². The van der Waals surface area contributed by atoms with Crippen LogP contribution in [0.25, 0.3) is 0 Å². The molecule has 0 aliphatic carbocycles. The van der Waals surface area contributed by atoms with Crippen molar-refractivity contribution >= 4 is 12.0 Å². The summed E-state index contributed by atoms with van der Waals surface area (Å²) in [5.74, 6) is -0.891. The van der Waals surface area contributed by atoms with E-state index in [9.17, 15) is 9.59 Å². The number of rotatable bonds is 5. The van der Waals surface area contributed by atoms with E-state index in [0.29, 0.717) is 0 Å². The first kappa shape index (κ1) is 13.8. The minimum atomic E-state index is -0.891. The molecule has 17 heavy (non-hydrogen) atoms. The maximum Gasteiger partial charge on any atom is 0.317 e. The van der Waals surface area contributed by atoms with Crippen LogP contribution in [0.4, 0.5) is 4.79 Å². The lowest BCUT2D eigenvalue weighted by atomic mass is 10.3. The SMILES string of the molecule is CCCN1CCN(C(=O)NCCC(=O)O)CC1. The van der Waals surface area contributed by atoms with Gasteiger partial charge < -0.3 is 15.3 Å². The molecule has 0 aromatic rings. The van der Waals surface area contributed by atoms with E-state index in [2.05, 4.69) is 17.1 Å². The lowest BCUT2D eigenvalue weighted by Crippen LogP contribution is -2.52. The molecule has 0 radical (unpaired) electrons. The van der Waals surface area contributed by atoms with Crippen molar-refractivity contribution in [2.75, 3.05) is 39.3 Å². The van der Waals surface area contributed by atoms with Gasteiger partial charge in [0.15, 0.2) is 0 Å². The van der Waals surface area contributed by atoms with E-state index >= 15 is 0 Å². The molecule has 6 heteroatoms. The molecular weight excluding hydrogens is 222 g/mol. The second kappa shape index (κ2) is 7.11. The summed E-state index contributed by atoms with van der Waals surface area (Å²) in [5, 5.41) is 11.1. The van der Waals surface area contributed by atoms with Crippen molar-refractivity contribution in [3.05, 3.63) is 0 Å². The number of aliphatic carboxylic acids is 1. The lowest BCUT2D eigenvalue weighted by Gasteiger charge is -2.34. The first-order valence-electron chi connectivity index (χ1n) is 6.10. The molecular formula is C11H21N3O3. The summed E-state index contributed by atoms with van der Waals surface area (Å²) in [6.07, 6.45) is 1.10. The van der Waals surface area contributed by atoms with Gasteiger partial charge in [-0.3, -0.25) is 9.69 Å². The normalized spacial score (nSPS) is 16.9. The molecule has 6 nitrogen and oxygen atoms in total. The predicted molar refractivity (Wildman–Crippen MR) is 64.0 cm³/mol.